The van der Waals surface area contributed by atoms with Gasteiger partial charge >= 0.3 is 6.18 Å². The van der Waals surface area contributed by atoms with Gasteiger partial charge in [0.05, 0.1) is 11.1 Å². The van der Waals surface area contributed by atoms with Crippen LogP contribution in [0.2, 0.25) is 0 Å². The highest BCUT2D eigenvalue weighted by Gasteiger charge is 2.35. The predicted molar refractivity (Wildman–Crippen MR) is 136 cm³/mol. The summed E-state index contributed by atoms with van der Waals surface area (Å²) < 4.78 is 54.9. The van der Waals surface area contributed by atoms with Gasteiger partial charge in [0, 0.05) is 11.7 Å². The summed E-state index contributed by atoms with van der Waals surface area (Å²) in [6.07, 6.45) is 0.475. The Bertz CT molecular complexity index is 1290. The fraction of sp³-hybridized carbons (Fsp3) is 0.444. The lowest BCUT2D eigenvalue weighted by Gasteiger charge is -2.32. The lowest BCUT2D eigenvalue weighted by molar-refractivity contribution is -0.137. The van der Waals surface area contributed by atoms with Gasteiger partial charge in [-0.25, -0.2) is 4.39 Å². The zero-order chi connectivity index (χ0) is 28.0. The third-order valence-corrected chi connectivity index (χ3v) is 6.71. The van der Waals surface area contributed by atoms with Crippen LogP contribution >= 0.6 is 0 Å². The molecule has 0 saturated heterocycles. The van der Waals surface area contributed by atoms with E-state index in [-0.39, 0.29) is 29.5 Å². The number of tetrazole rings is 1. The van der Waals surface area contributed by atoms with Crippen LogP contribution in [0.5, 0.6) is 0 Å². The summed E-state index contributed by atoms with van der Waals surface area (Å²) >= 11 is 0. The maximum Gasteiger partial charge on any atom is 0.416 e. The molecule has 0 aliphatic heterocycles. The molecule has 3 aromatic rings. The highest BCUT2D eigenvalue weighted by molar-refractivity contribution is 6.00. The fourth-order valence-corrected chi connectivity index (χ4v) is 4.73. The molecular formula is C27H30F4N6O2. The van der Waals surface area contributed by atoms with Crippen LogP contribution in [0, 0.1) is 5.82 Å². The molecule has 0 radical (unpaired) electrons. The number of hydrogen-bond donors (Lipinski definition) is 1. The van der Waals surface area contributed by atoms with Gasteiger partial charge in [-0.15, -0.1) is 10.2 Å². The second-order valence-electron chi connectivity index (χ2n) is 9.58. The first-order valence-electron chi connectivity index (χ1n) is 13.0. The lowest BCUT2D eigenvalue weighted by atomic mass is 10.0. The van der Waals surface area contributed by atoms with E-state index in [1.54, 1.807) is 6.07 Å². The van der Waals surface area contributed by atoms with Crippen LogP contribution in [0.3, 0.4) is 0 Å². The molecule has 12 heteroatoms. The molecule has 0 bridgehead atoms. The van der Waals surface area contributed by atoms with Crippen LogP contribution in [-0.2, 0) is 22.3 Å². The average Bonchev–Trinajstić information content (AvgIpc) is 3.58. The first kappa shape index (κ1) is 28.2. The first-order valence-corrected chi connectivity index (χ1v) is 13.0. The maximum absolute atomic E-state index is 14.2. The van der Waals surface area contributed by atoms with Crippen LogP contribution in [0.15, 0.2) is 48.5 Å². The number of halogens is 4. The second kappa shape index (κ2) is 12.4. The van der Waals surface area contributed by atoms with Crippen molar-refractivity contribution in [1.29, 1.82) is 0 Å². The van der Waals surface area contributed by atoms with Crippen LogP contribution in [0.1, 0.15) is 57.4 Å². The molecule has 1 aliphatic rings. The van der Waals surface area contributed by atoms with E-state index in [2.05, 4.69) is 20.7 Å². The third kappa shape index (κ3) is 6.98. The molecule has 1 fully saturated rings. The van der Waals surface area contributed by atoms with Gasteiger partial charge in [0.2, 0.25) is 11.7 Å². The Labute approximate surface area is 223 Å². The number of aromatic nitrogens is 4. The Hall–Kier alpha value is -3.83. The van der Waals surface area contributed by atoms with Crippen molar-refractivity contribution in [2.24, 2.45) is 0 Å². The minimum absolute atomic E-state index is 0.0413. The molecule has 1 atom stereocenters. The van der Waals surface area contributed by atoms with Gasteiger partial charge in [-0.1, -0.05) is 50.8 Å². The van der Waals surface area contributed by atoms with E-state index < -0.39 is 42.0 Å². The van der Waals surface area contributed by atoms with Crippen molar-refractivity contribution in [3.63, 3.8) is 0 Å². The van der Waals surface area contributed by atoms with E-state index in [1.807, 2.05) is 6.92 Å². The number of anilines is 1. The number of nitrogens with zero attached hydrogens (tertiary/aromatic N) is 5. The summed E-state index contributed by atoms with van der Waals surface area (Å²) in [7, 11) is 0. The number of carbonyl (C=O) groups excluding carboxylic acids is 2. The van der Waals surface area contributed by atoms with E-state index >= 15 is 0 Å². The Morgan fingerprint density at radius 2 is 1.87 bits per heavy atom. The van der Waals surface area contributed by atoms with E-state index in [9.17, 15) is 27.2 Å². The largest absolute Gasteiger partial charge is 0.416 e. The molecule has 39 heavy (non-hydrogen) atoms. The number of carbonyl (C=O) groups is 2. The SMILES string of the molecule is CCCC[C@H](C(=O)NC1CCCC1)N(C(=O)Cn1nnc(-c2ccccc2F)n1)c1cccc(C(F)(F)F)c1. The standard InChI is InChI=1S/C27H30F4N6O2/c1-2-3-15-23(26(39)32-19-10-4-5-11-19)37(20-12-8-9-18(16-20)27(29,30)31)24(38)17-36-34-25(33-35-36)21-13-6-7-14-22(21)28/h6-9,12-14,16,19,23H,2-5,10-11,15,17H2,1H3,(H,32,39)/t23-/m1/s1. The monoisotopic (exact) mass is 546 g/mol. The van der Waals surface area contributed by atoms with Gasteiger partial charge in [-0.3, -0.25) is 14.5 Å². The highest BCUT2D eigenvalue weighted by atomic mass is 19.4. The molecule has 208 valence electrons. The molecule has 2 aromatic carbocycles. The molecule has 1 heterocycles. The van der Waals surface area contributed by atoms with Crippen molar-refractivity contribution in [3.8, 4) is 11.4 Å². The number of benzene rings is 2. The van der Waals surface area contributed by atoms with Crippen molar-refractivity contribution in [3.05, 3.63) is 59.9 Å². The van der Waals surface area contributed by atoms with Gasteiger partial charge in [0.1, 0.15) is 18.4 Å². The molecule has 8 nitrogen and oxygen atoms in total. The van der Waals surface area contributed by atoms with Crippen LogP contribution in [0.4, 0.5) is 23.2 Å². The number of alkyl halides is 3. The number of rotatable bonds is 10. The third-order valence-electron chi connectivity index (χ3n) is 6.71. The summed E-state index contributed by atoms with van der Waals surface area (Å²) in [6.45, 7) is 1.41. The van der Waals surface area contributed by atoms with E-state index in [0.717, 1.165) is 47.5 Å². The average molecular weight is 547 g/mol. The normalized spacial score (nSPS) is 14.8. The van der Waals surface area contributed by atoms with Crippen LogP contribution in [-0.4, -0.2) is 44.1 Å². The number of nitrogens with one attached hydrogen (secondary N) is 1. The topological polar surface area (TPSA) is 93.0 Å². The van der Waals surface area contributed by atoms with E-state index in [1.165, 1.54) is 30.3 Å². The van der Waals surface area contributed by atoms with Gasteiger partial charge in [0.25, 0.3) is 5.91 Å². The van der Waals surface area contributed by atoms with Crippen molar-refractivity contribution >= 4 is 17.5 Å². The molecule has 1 aliphatic carbocycles. The van der Waals surface area contributed by atoms with Gasteiger partial charge in [-0.2, -0.15) is 18.0 Å². The van der Waals surface area contributed by atoms with Crippen molar-refractivity contribution in [2.45, 2.75) is 76.7 Å². The predicted octanol–water partition coefficient (Wildman–Crippen LogP) is 5.15. The van der Waals surface area contributed by atoms with Crippen molar-refractivity contribution < 1.29 is 27.2 Å². The molecular weight excluding hydrogens is 516 g/mol. The second-order valence-corrected chi connectivity index (χ2v) is 9.58. The lowest BCUT2D eigenvalue weighted by Crippen LogP contribution is -2.52. The molecule has 2 amide bonds. The smallest absolute Gasteiger partial charge is 0.352 e. The zero-order valence-electron chi connectivity index (χ0n) is 21.5. The fourth-order valence-electron chi connectivity index (χ4n) is 4.73. The molecule has 1 saturated carbocycles. The zero-order valence-corrected chi connectivity index (χ0v) is 21.5. The molecule has 0 unspecified atom stereocenters. The van der Waals surface area contributed by atoms with Gasteiger partial charge < -0.3 is 5.32 Å². The van der Waals surface area contributed by atoms with Crippen molar-refractivity contribution in [1.82, 2.24) is 25.5 Å². The van der Waals surface area contributed by atoms with Crippen molar-refractivity contribution in [2.75, 3.05) is 4.90 Å². The number of amides is 2. The molecule has 0 spiro atoms. The molecule has 1 aromatic heterocycles. The van der Waals surface area contributed by atoms with Gasteiger partial charge in [-0.05, 0) is 54.8 Å². The summed E-state index contributed by atoms with van der Waals surface area (Å²) in [5.41, 5.74) is -0.918. The maximum atomic E-state index is 14.2. The summed E-state index contributed by atoms with van der Waals surface area (Å²) in [5.74, 6) is -1.74. The number of unbranched alkanes of at least 4 members (excludes halogenated alkanes) is 1. The Balaban J connectivity index is 1.67. The summed E-state index contributed by atoms with van der Waals surface area (Å²) in [6, 6.07) is 9.05. The molecule has 4 rings (SSSR count). The Morgan fingerprint density at radius 3 is 2.56 bits per heavy atom. The Morgan fingerprint density at radius 1 is 1.13 bits per heavy atom. The van der Waals surface area contributed by atoms with Crippen LogP contribution < -0.4 is 10.2 Å². The van der Waals surface area contributed by atoms with Gasteiger partial charge in [0.15, 0.2) is 0 Å². The minimum atomic E-state index is -4.64. The number of hydrogen-bond acceptors (Lipinski definition) is 5. The summed E-state index contributed by atoms with van der Waals surface area (Å²) in [5, 5.41) is 14.7. The van der Waals surface area contributed by atoms with E-state index in [0.29, 0.717) is 12.8 Å². The molecule has 1 N–H and O–H groups in total. The quantitative estimate of drug-likeness (QED) is 0.355. The first-order chi connectivity index (χ1) is 18.7. The Kier molecular flexibility index (Phi) is 8.93. The summed E-state index contributed by atoms with van der Waals surface area (Å²) in [4.78, 5) is 29.2. The minimum Gasteiger partial charge on any atom is -0.352 e. The van der Waals surface area contributed by atoms with Crippen LogP contribution in [0.25, 0.3) is 11.4 Å². The van der Waals surface area contributed by atoms with E-state index in [4.69, 9.17) is 0 Å². The highest BCUT2D eigenvalue weighted by Crippen LogP contribution is 2.33.